The predicted octanol–water partition coefficient (Wildman–Crippen LogP) is 1.26. The second-order valence-corrected chi connectivity index (χ2v) is 4.58. The standard InChI is InChI=1S/C14H17FN4O/c1-9-12(8-18-19(9)2)14(20)17-7-11-4-3-10(6-16)5-13(11)15/h3-5,8H,6-7,16H2,1-2H3,(H,17,20). The number of carbonyl (C=O) groups excluding carboxylic acids is 1. The molecule has 6 heteroatoms. The van der Waals surface area contributed by atoms with Gasteiger partial charge in [0.1, 0.15) is 5.82 Å². The molecular formula is C14H17FN4O. The summed E-state index contributed by atoms with van der Waals surface area (Å²) in [6.45, 7) is 2.22. The zero-order chi connectivity index (χ0) is 14.7. The summed E-state index contributed by atoms with van der Waals surface area (Å²) >= 11 is 0. The maximum Gasteiger partial charge on any atom is 0.255 e. The molecule has 5 nitrogen and oxygen atoms in total. The van der Waals surface area contributed by atoms with Crippen LogP contribution in [0.1, 0.15) is 27.2 Å². The molecule has 106 valence electrons. The molecule has 0 saturated heterocycles. The van der Waals surface area contributed by atoms with E-state index in [0.29, 0.717) is 17.7 Å². The Hall–Kier alpha value is -2.21. The fourth-order valence-electron chi connectivity index (χ4n) is 1.85. The summed E-state index contributed by atoms with van der Waals surface area (Å²) in [6, 6.07) is 4.77. The minimum Gasteiger partial charge on any atom is -0.348 e. The first-order valence-corrected chi connectivity index (χ1v) is 6.27. The van der Waals surface area contributed by atoms with Crippen molar-refractivity contribution in [2.45, 2.75) is 20.0 Å². The molecule has 0 aliphatic heterocycles. The van der Waals surface area contributed by atoms with E-state index in [1.54, 1.807) is 30.8 Å². The SMILES string of the molecule is Cc1c(C(=O)NCc2ccc(CN)cc2F)cnn1C. The zero-order valence-electron chi connectivity index (χ0n) is 11.5. The third kappa shape index (κ3) is 2.85. The van der Waals surface area contributed by atoms with Gasteiger partial charge in [0, 0.05) is 31.4 Å². The van der Waals surface area contributed by atoms with Crippen LogP contribution in [0.5, 0.6) is 0 Å². The molecule has 0 unspecified atom stereocenters. The Bertz CT molecular complexity index is 636. The van der Waals surface area contributed by atoms with Crippen molar-refractivity contribution in [3.8, 4) is 0 Å². The van der Waals surface area contributed by atoms with E-state index in [2.05, 4.69) is 10.4 Å². The van der Waals surface area contributed by atoms with Gasteiger partial charge in [-0.15, -0.1) is 0 Å². The number of rotatable bonds is 4. The van der Waals surface area contributed by atoms with Crippen molar-refractivity contribution in [3.63, 3.8) is 0 Å². The number of aromatic nitrogens is 2. The van der Waals surface area contributed by atoms with E-state index in [1.807, 2.05) is 0 Å². The lowest BCUT2D eigenvalue weighted by molar-refractivity contribution is 0.0950. The van der Waals surface area contributed by atoms with Crippen molar-refractivity contribution >= 4 is 5.91 Å². The van der Waals surface area contributed by atoms with Crippen LogP contribution in [0.2, 0.25) is 0 Å². The number of carbonyl (C=O) groups is 1. The van der Waals surface area contributed by atoms with E-state index < -0.39 is 0 Å². The number of hydrogen-bond acceptors (Lipinski definition) is 3. The topological polar surface area (TPSA) is 72.9 Å². The van der Waals surface area contributed by atoms with Crippen molar-refractivity contribution in [1.29, 1.82) is 0 Å². The van der Waals surface area contributed by atoms with Crippen LogP contribution in [-0.2, 0) is 20.1 Å². The average molecular weight is 276 g/mol. The minimum absolute atomic E-state index is 0.129. The normalized spacial score (nSPS) is 10.6. The number of nitrogens with one attached hydrogen (secondary N) is 1. The van der Waals surface area contributed by atoms with Crippen LogP contribution < -0.4 is 11.1 Å². The van der Waals surface area contributed by atoms with Gasteiger partial charge in [-0.05, 0) is 18.6 Å². The van der Waals surface area contributed by atoms with Gasteiger partial charge in [0.25, 0.3) is 5.91 Å². The molecule has 0 radical (unpaired) electrons. The molecule has 0 atom stereocenters. The molecule has 0 spiro atoms. The largest absolute Gasteiger partial charge is 0.348 e. The van der Waals surface area contributed by atoms with Crippen molar-refractivity contribution in [3.05, 3.63) is 52.6 Å². The summed E-state index contributed by atoms with van der Waals surface area (Å²) in [5.74, 6) is -0.630. The van der Waals surface area contributed by atoms with Crippen molar-refractivity contribution in [2.24, 2.45) is 12.8 Å². The number of halogens is 1. The molecule has 0 bridgehead atoms. The van der Waals surface area contributed by atoms with Crippen molar-refractivity contribution in [2.75, 3.05) is 0 Å². The number of amides is 1. The molecule has 2 rings (SSSR count). The summed E-state index contributed by atoms with van der Waals surface area (Å²) in [7, 11) is 1.76. The quantitative estimate of drug-likeness (QED) is 0.883. The first kappa shape index (κ1) is 14.2. The van der Waals surface area contributed by atoms with Crippen molar-refractivity contribution in [1.82, 2.24) is 15.1 Å². The molecular weight excluding hydrogens is 259 g/mol. The van der Waals surface area contributed by atoms with E-state index >= 15 is 0 Å². The smallest absolute Gasteiger partial charge is 0.255 e. The number of nitrogens with zero attached hydrogens (tertiary/aromatic N) is 2. The van der Waals surface area contributed by atoms with Crippen LogP contribution in [0.4, 0.5) is 4.39 Å². The Labute approximate surface area is 116 Å². The van der Waals surface area contributed by atoms with Gasteiger partial charge in [-0.3, -0.25) is 9.48 Å². The molecule has 1 aromatic carbocycles. The summed E-state index contributed by atoms with van der Waals surface area (Å²) < 4.78 is 15.4. The van der Waals surface area contributed by atoms with Gasteiger partial charge in [0.05, 0.1) is 11.8 Å². The Kier molecular flexibility index (Phi) is 4.14. The highest BCUT2D eigenvalue weighted by atomic mass is 19.1. The van der Waals surface area contributed by atoms with E-state index in [0.717, 1.165) is 11.3 Å². The molecule has 20 heavy (non-hydrogen) atoms. The Morgan fingerprint density at radius 1 is 1.50 bits per heavy atom. The number of benzene rings is 1. The van der Waals surface area contributed by atoms with Gasteiger partial charge < -0.3 is 11.1 Å². The summed E-state index contributed by atoms with van der Waals surface area (Å²) in [4.78, 5) is 12.0. The van der Waals surface area contributed by atoms with Crippen LogP contribution in [0.25, 0.3) is 0 Å². The lowest BCUT2D eigenvalue weighted by Gasteiger charge is -2.07. The summed E-state index contributed by atoms with van der Waals surface area (Å²) in [5.41, 5.74) is 7.85. The summed E-state index contributed by atoms with van der Waals surface area (Å²) in [5, 5.41) is 6.68. The van der Waals surface area contributed by atoms with Crippen molar-refractivity contribution < 1.29 is 9.18 Å². The molecule has 3 N–H and O–H groups in total. The molecule has 1 amide bonds. The van der Waals surface area contributed by atoms with Crippen LogP contribution in [0.3, 0.4) is 0 Å². The highest BCUT2D eigenvalue weighted by Crippen LogP contribution is 2.11. The third-order valence-electron chi connectivity index (χ3n) is 3.27. The molecule has 2 aromatic rings. The number of aryl methyl sites for hydroxylation is 1. The maximum atomic E-state index is 13.8. The molecule has 0 aliphatic rings. The van der Waals surface area contributed by atoms with Gasteiger partial charge >= 0.3 is 0 Å². The maximum absolute atomic E-state index is 13.8. The Balaban J connectivity index is 2.05. The van der Waals surface area contributed by atoms with E-state index in [-0.39, 0.29) is 18.3 Å². The van der Waals surface area contributed by atoms with Crippen LogP contribution in [0, 0.1) is 12.7 Å². The zero-order valence-corrected chi connectivity index (χ0v) is 11.5. The van der Waals surface area contributed by atoms with Gasteiger partial charge in [-0.2, -0.15) is 5.10 Å². The molecule has 1 aromatic heterocycles. The molecule has 0 saturated carbocycles. The van der Waals surface area contributed by atoms with Gasteiger partial charge in [-0.25, -0.2) is 4.39 Å². The van der Waals surface area contributed by atoms with Gasteiger partial charge in [0.2, 0.25) is 0 Å². The Morgan fingerprint density at radius 2 is 2.25 bits per heavy atom. The minimum atomic E-state index is -0.365. The fraction of sp³-hybridized carbons (Fsp3) is 0.286. The Morgan fingerprint density at radius 3 is 2.80 bits per heavy atom. The van der Waals surface area contributed by atoms with E-state index in [1.165, 1.54) is 12.3 Å². The van der Waals surface area contributed by atoms with E-state index in [4.69, 9.17) is 5.73 Å². The molecule has 0 aliphatic carbocycles. The lowest BCUT2D eigenvalue weighted by atomic mass is 10.1. The third-order valence-corrected chi connectivity index (χ3v) is 3.27. The second-order valence-electron chi connectivity index (χ2n) is 4.58. The van der Waals surface area contributed by atoms with Gasteiger partial charge in [-0.1, -0.05) is 12.1 Å². The van der Waals surface area contributed by atoms with Crippen LogP contribution >= 0.6 is 0 Å². The number of nitrogens with two attached hydrogens (primary N) is 1. The molecule has 0 fully saturated rings. The first-order valence-electron chi connectivity index (χ1n) is 6.27. The lowest BCUT2D eigenvalue weighted by Crippen LogP contribution is -2.23. The molecule has 1 heterocycles. The average Bonchev–Trinajstić information content (AvgIpc) is 2.77. The first-order chi connectivity index (χ1) is 9.52. The summed E-state index contributed by atoms with van der Waals surface area (Å²) in [6.07, 6.45) is 1.50. The van der Waals surface area contributed by atoms with E-state index in [9.17, 15) is 9.18 Å². The fourth-order valence-corrected chi connectivity index (χ4v) is 1.85. The van der Waals surface area contributed by atoms with Crippen LogP contribution in [0.15, 0.2) is 24.4 Å². The highest BCUT2D eigenvalue weighted by Gasteiger charge is 2.13. The van der Waals surface area contributed by atoms with Gasteiger partial charge in [0.15, 0.2) is 0 Å². The van der Waals surface area contributed by atoms with Crippen LogP contribution in [-0.4, -0.2) is 15.7 Å². The monoisotopic (exact) mass is 276 g/mol. The second kappa shape index (κ2) is 5.83. The predicted molar refractivity (Wildman–Crippen MR) is 73.4 cm³/mol. The number of hydrogen-bond donors (Lipinski definition) is 2. The highest BCUT2D eigenvalue weighted by molar-refractivity contribution is 5.94.